The van der Waals surface area contributed by atoms with Crippen molar-refractivity contribution in [2.24, 2.45) is 0 Å². The zero-order valence-electron chi connectivity index (χ0n) is 13.0. The van der Waals surface area contributed by atoms with Crippen molar-refractivity contribution in [1.29, 1.82) is 0 Å². The lowest BCUT2D eigenvalue weighted by molar-refractivity contribution is 0.261. The van der Waals surface area contributed by atoms with Gasteiger partial charge in [0.25, 0.3) is 0 Å². The Bertz CT molecular complexity index is 519. The predicted molar refractivity (Wildman–Crippen MR) is 85.8 cm³/mol. The van der Waals surface area contributed by atoms with Crippen LogP contribution in [0.4, 0.5) is 0 Å². The van der Waals surface area contributed by atoms with Crippen LogP contribution in [0.5, 0.6) is 11.5 Å². The maximum Gasteiger partial charge on any atom is 0.123 e. The van der Waals surface area contributed by atoms with Gasteiger partial charge in [-0.05, 0) is 18.7 Å². The van der Waals surface area contributed by atoms with E-state index in [-0.39, 0.29) is 0 Å². The molecule has 2 aromatic rings. The average Bonchev–Trinajstić information content (AvgIpc) is 2.55. The second kappa shape index (κ2) is 7.70. The van der Waals surface area contributed by atoms with Gasteiger partial charge >= 0.3 is 0 Å². The number of para-hydroxylation sites is 2. The van der Waals surface area contributed by atoms with Gasteiger partial charge in [0.2, 0.25) is 0 Å². The molecule has 0 radical (unpaired) electrons. The van der Waals surface area contributed by atoms with Crippen molar-refractivity contribution in [1.82, 2.24) is 4.90 Å². The van der Waals surface area contributed by atoms with E-state index in [0.29, 0.717) is 0 Å². The Morgan fingerprint density at radius 1 is 0.762 bits per heavy atom. The van der Waals surface area contributed by atoms with E-state index in [0.717, 1.165) is 31.1 Å². The molecule has 0 saturated carbocycles. The Morgan fingerprint density at radius 2 is 1.19 bits per heavy atom. The molecule has 3 heteroatoms. The van der Waals surface area contributed by atoms with Gasteiger partial charge in [-0.25, -0.2) is 0 Å². The Hall–Kier alpha value is -2.00. The Morgan fingerprint density at radius 3 is 1.57 bits per heavy atom. The molecule has 2 rings (SSSR count). The molecule has 0 aliphatic heterocycles. The number of hydrogen-bond donors (Lipinski definition) is 0. The Labute approximate surface area is 127 Å². The first-order valence-electron chi connectivity index (χ1n) is 7.24. The molecule has 0 heterocycles. The second-order valence-electron chi connectivity index (χ2n) is 4.93. The zero-order valence-corrected chi connectivity index (χ0v) is 13.0. The van der Waals surface area contributed by atoms with E-state index in [1.54, 1.807) is 14.2 Å². The van der Waals surface area contributed by atoms with Crippen molar-refractivity contribution in [3.05, 3.63) is 59.7 Å². The van der Waals surface area contributed by atoms with E-state index in [9.17, 15) is 0 Å². The minimum Gasteiger partial charge on any atom is -0.496 e. The van der Waals surface area contributed by atoms with Gasteiger partial charge in [-0.3, -0.25) is 4.90 Å². The summed E-state index contributed by atoms with van der Waals surface area (Å²) in [5.74, 6) is 1.88. The van der Waals surface area contributed by atoms with E-state index in [2.05, 4.69) is 36.1 Å². The number of methoxy groups -OCH3 is 2. The van der Waals surface area contributed by atoms with Gasteiger partial charge in [0.05, 0.1) is 14.2 Å². The predicted octanol–water partition coefficient (Wildman–Crippen LogP) is 3.73. The summed E-state index contributed by atoms with van der Waals surface area (Å²) in [6, 6.07) is 16.3. The van der Waals surface area contributed by atoms with Crippen LogP contribution in [0, 0.1) is 0 Å². The molecule has 0 aliphatic rings. The summed E-state index contributed by atoms with van der Waals surface area (Å²) in [6.07, 6.45) is 0. The van der Waals surface area contributed by atoms with Crippen LogP contribution in [0.3, 0.4) is 0 Å². The van der Waals surface area contributed by atoms with Crippen molar-refractivity contribution in [3.8, 4) is 11.5 Å². The minimum absolute atomic E-state index is 0.860. The molecule has 0 saturated heterocycles. The van der Waals surface area contributed by atoms with E-state index in [1.165, 1.54) is 11.1 Å². The molecular formula is C18H23NO2. The van der Waals surface area contributed by atoms with Crippen molar-refractivity contribution >= 4 is 0 Å². The fourth-order valence-corrected chi connectivity index (χ4v) is 2.43. The minimum atomic E-state index is 0.860. The number of hydrogen-bond acceptors (Lipinski definition) is 3. The first-order chi connectivity index (χ1) is 10.3. The first kappa shape index (κ1) is 15.4. The van der Waals surface area contributed by atoms with Crippen LogP contribution in [0.1, 0.15) is 18.1 Å². The Kier molecular flexibility index (Phi) is 5.64. The molecule has 0 fully saturated rings. The van der Waals surface area contributed by atoms with Crippen molar-refractivity contribution in [2.75, 3.05) is 20.8 Å². The molecule has 0 aromatic heterocycles. The molecule has 21 heavy (non-hydrogen) atoms. The van der Waals surface area contributed by atoms with Crippen LogP contribution in [0.25, 0.3) is 0 Å². The number of benzene rings is 2. The smallest absolute Gasteiger partial charge is 0.123 e. The van der Waals surface area contributed by atoms with Crippen LogP contribution in [0.15, 0.2) is 48.5 Å². The third-order valence-electron chi connectivity index (χ3n) is 3.62. The van der Waals surface area contributed by atoms with Crippen LogP contribution in [0.2, 0.25) is 0 Å². The number of nitrogens with zero attached hydrogens (tertiary/aromatic N) is 1. The van der Waals surface area contributed by atoms with Gasteiger partial charge in [-0.1, -0.05) is 43.3 Å². The molecule has 0 N–H and O–H groups in total. The van der Waals surface area contributed by atoms with Crippen molar-refractivity contribution < 1.29 is 9.47 Å². The lowest BCUT2D eigenvalue weighted by atomic mass is 10.1. The maximum absolute atomic E-state index is 5.43. The molecule has 0 bridgehead atoms. The van der Waals surface area contributed by atoms with E-state index < -0.39 is 0 Å². The molecule has 3 nitrogen and oxygen atoms in total. The quantitative estimate of drug-likeness (QED) is 0.774. The van der Waals surface area contributed by atoms with Gasteiger partial charge in [-0.15, -0.1) is 0 Å². The summed E-state index contributed by atoms with van der Waals surface area (Å²) in [5, 5.41) is 0. The van der Waals surface area contributed by atoms with Gasteiger partial charge in [0.15, 0.2) is 0 Å². The van der Waals surface area contributed by atoms with E-state index in [4.69, 9.17) is 9.47 Å². The molecule has 0 aliphatic carbocycles. The van der Waals surface area contributed by atoms with Crippen LogP contribution in [-0.2, 0) is 13.1 Å². The SMILES string of the molecule is CCN(Cc1ccccc1OC)Cc1ccccc1OC. The fraction of sp³-hybridized carbons (Fsp3) is 0.333. The summed E-state index contributed by atoms with van der Waals surface area (Å²) < 4.78 is 10.9. The molecule has 0 atom stereocenters. The highest BCUT2D eigenvalue weighted by molar-refractivity contribution is 5.35. The molecule has 112 valence electrons. The van der Waals surface area contributed by atoms with Gasteiger partial charge in [0.1, 0.15) is 11.5 Å². The van der Waals surface area contributed by atoms with Crippen molar-refractivity contribution in [2.45, 2.75) is 20.0 Å². The fourth-order valence-electron chi connectivity index (χ4n) is 2.43. The highest BCUT2D eigenvalue weighted by Crippen LogP contribution is 2.23. The standard InChI is InChI=1S/C18H23NO2/c1-4-19(13-15-9-5-7-11-17(15)20-2)14-16-10-6-8-12-18(16)21-3/h5-12H,4,13-14H2,1-3H3. The van der Waals surface area contributed by atoms with Gasteiger partial charge in [0, 0.05) is 24.2 Å². The summed E-state index contributed by atoms with van der Waals surface area (Å²) in [4.78, 5) is 2.37. The summed E-state index contributed by atoms with van der Waals surface area (Å²) in [7, 11) is 3.44. The normalized spacial score (nSPS) is 10.7. The molecule has 2 aromatic carbocycles. The number of rotatable bonds is 7. The molecule has 0 unspecified atom stereocenters. The number of ether oxygens (including phenoxy) is 2. The maximum atomic E-state index is 5.43. The summed E-state index contributed by atoms with van der Waals surface area (Å²) >= 11 is 0. The highest BCUT2D eigenvalue weighted by Gasteiger charge is 2.11. The zero-order chi connectivity index (χ0) is 15.1. The van der Waals surface area contributed by atoms with Gasteiger partial charge < -0.3 is 9.47 Å². The first-order valence-corrected chi connectivity index (χ1v) is 7.24. The average molecular weight is 285 g/mol. The van der Waals surface area contributed by atoms with E-state index in [1.807, 2.05) is 24.3 Å². The monoisotopic (exact) mass is 285 g/mol. The lowest BCUT2D eigenvalue weighted by Crippen LogP contribution is -2.22. The highest BCUT2D eigenvalue weighted by atomic mass is 16.5. The molecular weight excluding hydrogens is 262 g/mol. The van der Waals surface area contributed by atoms with Crippen LogP contribution >= 0.6 is 0 Å². The van der Waals surface area contributed by atoms with Gasteiger partial charge in [-0.2, -0.15) is 0 Å². The lowest BCUT2D eigenvalue weighted by Gasteiger charge is -2.22. The van der Waals surface area contributed by atoms with Crippen molar-refractivity contribution in [3.63, 3.8) is 0 Å². The summed E-state index contributed by atoms with van der Waals surface area (Å²) in [5.41, 5.74) is 2.41. The van der Waals surface area contributed by atoms with E-state index >= 15 is 0 Å². The third-order valence-corrected chi connectivity index (χ3v) is 3.62. The largest absolute Gasteiger partial charge is 0.496 e. The molecule has 0 amide bonds. The summed E-state index contributed by atoms with van der Waals surface area (Å²) in [6.45, 7) is 4.86. The topological polar surface area (TPSA) is 21.7 Å². The molecule has 0 spiro atoms. The Balaban J connectivity index is 2.13. The third kappa shape index (κ3) is 3.99. The van der Waals surface area contributed by atoms with Crippen LogP contribution in [-0.4, -0.2) is 25.7 Å². The van der Waals surface area contributed by atoms with Crippen LogP contribution < -0.4 is 9.47 Å². The second-order valence-corrected chi connectivity index (χ2v) is 4.93.